The van der Waals surface area contributed by atoms with Crippen LogP contribution in [0.3, 0.4) is 0 Å². The lowest BCUT2D eigenvalue weighted by Gasteiger charge is -2.13. The monoisotopic (exact) mass is 447 g/mol. The zero-order valence-electron chi connectivity index (χ0n) is 16.9. The fourth-order valence-electron chi connectivity index (χ4n) is 3.17. The minimum absolute atomic E-state index is 0.289. The number of thioether (sulfide) groups is 1. The minimum Gasteiger partial charge on any atom is -0.383 e. The Hall–Kier alpha value is -2.55. The van der Waals surface area contributed by atoms with E-state index in [1.165, 1.54) is 0 Å². The van der Waals surface area contributed by atoms with Crippen molar-refractivity contribution in [3.8, 4) is 0 Å². The first-order valence-corrected chi connectivity index (χ1v) is 10.5. The molecular weight excluding hydrogens is 426 g/mol. The maximum absolute atomic E-state index is 12.7. The Labute approximate surface area is 184 Å². The molecule has 1 aromatic carbocycles. The van der Waals surface area contributed by atoms with Gasteiger partial charge in [0.05, 0.1) is 22.2 Å². The molecule has 1 N–H and O–H groups in total. The van der Waals surface area contributed by atoms with Gasteiger partial charge in [0.15, 0.2) is 0 Å². The van der Waals surface area contributed by atoms with E-state index in [1.54, 1.807) is 37.5 Å². The smallest absolute Gasteiger partial charge is 0.294 e. The zero-order chi connectivity index (χ0) is 21.8. The number of hydrogen-bond donors (Lipinski definition) is 1. The zero-order valence-corrected chi connectivity index (χ0v) is 18.5. The number of nitrogens with zero attached hydrogens (tertiary/aromatic N) is 2. The molecule has 0 spiro atoms. The average Bonchev–Trinajstić information content (AvgIpc) is 3.12. The summed E-state index contributed by atoms with van der Waals surface area (Å²) >= 11 is 6.86. The molecule has 0 atom stereocenters. The first kappa shape index (κ1) is 22.1. The lowest BCUT2D eigenvalue weighted by atomic mass is 10.2. The lowest BCUT2D eigenvalue weighted by molar-refractivity contribution is -0.127. The number of methoxy groups -OCH3 is 1. The summed E-state index contributed by atoms with van der Waals surface area (Å²) in [6, 6.07) is 8.72. The number of amides is 3. The van der Waals surface area contributed by atoms with Crippen LogP contribution in [0, 0.1) is 13.8 Å². The van der Waals surface area contributed by atoms with E-state index in [0.29, 0.717) is 23.9 Å². The highest BCUT2D eigenvalue weighted by Gasteiger charge is 2.36. The Balaban J connectivity index is 1.73. The number of aryl methyl sites for hydroxylation is 1. The highest BCUT2D eigenvalue weighted by atomic mass is 35.5. The van der Waals surface area contributed by atoms with Crippen molar-refractivity contribution in [3.63, 3.8) is 0 Å². The third kappa shape index (κ3) is 4.77. The second kappa shape index (κ2) is 9.51. The van der Waals surface area contributed by atoms with Gasteiger partial charge in [0.1, 0.15) is 6.54 Å². The number of hydrogen-bond acceptors (Lipinski definition) is 5. The average molecular weight is 448 g/mol. The summed E-state index contributed by atoms with van der Waals surface area (Å²) in [5.41, 5.74) is 3.30. The molecule has 1 aromatic heterocycles. The van der Waals surface area contributed by atoms with Gasteiger partial charge in [-0.25, -0.2) is 0 Å². The molecule has 2 aromatic rings. The van der Waals surface area contributed by atoms with E-state index in [-0.39, 0.29) is 11.4 Å². The van der Waals surface area contributed by atoms with Crippen molar-refractivity contribution in [1.29, 1.82) is 0 Å². The summed E-state index contributed by atoms with van der Waals surface area (Å²) in [6.07, 6.45) is 1.70. The predicted molar refractivity (Wildman–Crippen MR) is 119 cm³/mol. The van der Waals surface area contributed by atoms with Crippen LogP contribution in [0.1, 0.15) is 17.0 Å². The summed E-state index contributed by atoms with van der Waals surface area (Å²) in [5, 5.41) is 2.52. The number of nitrogens with one attached hydrogen (secondary N) is 1. The third-order valence-corrected chi connectivity index (χ3v) is 5.98. The van der Waals surface area contributed by atoms with E-state index in [1.807, 2.05) is 19.9 Å². The number of benzene rings is 1. The lowest BCUT2D eigenvalue weighted by Crippen LogP contribution is -2.36. The summed E-state index contributed by atoms with van der Waals surface area (Å²) < 4.78 is 7.23. The second-order valence-electron chi connectivity index (χ2n) is 6.77. The summed E-state index contributed by atoms with van der Waals surface area (Å²) in [6.45, 7) is 4.83. The van der Waals surface area contributed by atoms with Gasteiger partial charge in [-0.1, -0.05) is 23.7 Å². The van der Waals surface area contributed by atoms with Gasteiger partial charge in [0.25, 0.3) is 11.1 Å². The molecule has 9 heteroatoms. The second-order valence-corrected chi connectivity index (χ2v) is 8.17. The number of carbonyl (C=O) groups is 3. The molecular formula is C21H22ClN3O4S. The van der Waals surface area contributed by atoms with Crippen molar-refractivity contribution in [3.05, 3.63) is 57.2 Å². The topological polar surface area (TPSA) is 80.6 Å². The number of aromatic nitrogens is 1. The molecule has 30 heavy (non-hydrogen) atoms. The highest BCUT2D eigenvalue weighted by molar-refractivity contribution is 8.18. The molecule has 1 fully saturated rings. The molecule has 0 saturated carbocycles. The maximum atomic E-state index is 12.7. The van der Waals surface area contributed by atoms with Crippen molar-refractivity contribution in [2.75, 3.05) is 25.6 Å². The van der Waals surface area contributed by atoms with Gasteiger partial charge in [-0.3, -0.25) is 19.3 Å². The number of carbonyl (C=O) groups excluding carboxylic acids is 3. The van der Waals surface area contributed by atoms with E-state index in [0.717, 1.165) is 33.6 Å². The molecule has 1 saturated heterocycles. The summed E-state index contributed by atoms with van der Waals surface area (Å²) in [5.74, 6) is -0.981. The number of ether oxygens (including phenoxy) is 1. The highest BCUT2D eigenvalue weighted by Crippen LogP contribution is 2.33. The van der Waals surface area contributed by atoms with Crippen LogP contribution in [-0.4, -0.2) is 46.8 Å². The quantitative estimate of drug-likeness (QED) is 0.647. The fourth-order valence-corrected chi connectivity index (χ4v) is 4.19. The Morgan fingerprint density at radius 1 is 1.27 bits per heavy atom. The van der Waals surface area contributed by atoms with Crippen molar-refractivity contribution in [2.24, 2.45) is 0 Å². The number of para-hydroxylation sites is 1. The summed E-state index contributed by atoms with van der Waals surface area (Å²) in [4.78, 5) is 38.6. The molecule has 0 radical (unpaired) electrons. The Morgan fingerprint density at radius 3 is 2.70 bits per heavy atom. The molecule has 1 aliphatic rings. The summed E-state index contributed by atoms with van der Waals surface area (Å²) in [7, 11) is 1.65. The van der Waals surface area contributed by atoms with Crippen LogP contribution in [0.25, 0.3) is 6.08 Å². The van der Waals surface area contributed by atoms with Crippen molar-refractivity contribution in [1.82, 2.24) is 9.47 Å². The largest absolute Gasteiger partial charge is 0.383 e. The third-order valence-electron chi connectivity index (χ3n) is 4.74. The maximum Gasteiger partial charge on any atom is 0.294 e. The Bertz CT molecular complexity index is 1030. The van der Waals surface area contributed by atoms with Gasteiger partial charge in [-0.15, -0.1) is 0 Å². The van der Waals surface area contributed by atoms with Crippen LogP contribution < -0.4 is 5.32 Å². The van der Waals surface area contributed by atoms with E-state index in [9.17, 15) is 14.4 Å². The van der Waals surface area contributed by atoms with Crippen LogP contribution in [0.15, 0.2) is 35.2 Å². The predicted octanol–water partition coefficient (Wildman–Crippen LogP) is 4.08. The SMILES string of the molecule is COCCn1c(C)cc(/C=C2/SC(=O)N(CC(=O)Nc3ccccc3Cl)C2=O)c1C. The van der Waals surface area contributed by atoms with Crippen LogP contribution in [-0.2, 0) is 20.9 Å². The Kier molecular flexibility index (Phi) is 7.02. The molecule has 3 rings (SSSR count). The van der Waals surface area contributed by atoms with Gasteiger partial charge >= 0.3 is 0 Å². The van der Waals surface area contributed by atoms with E-state index in [4.69, 9.17) is 16.3 Å². The van der Waals surface area contributed by atoms with Crippen molar-refractivity contribution < 1.29 is 19.1 Å². The first-order chi connectivity index (χ1) is 14.3. The number of anilines is 1. The van der Waals surface area contributed by atoms with Crippen LogP contribution in [0.5, 0.6) is 0 Å². The number of halogens is 1. The molecule has 0 bridgehead atoms. The molecule has 3 amide bonds. The fraction of sp³-hybridized carbons (Fsp3) is 0.286. The van der Waals surface area contributed by atoms with Crippen molar-refractivity contribution >= 4 is 52.2 Å². The normalized spacial score (nSPS) is 15.3. The molecule has 158 valence electrons. The molecule has 0 aliphatic carbocycles. The molecule has 0 unspecified atom stereocenters. The molecule has 2 heterocycles. The molecule has 1 aliphatic heterocycles. The number of imide groups is 1. The molecule has 7 nitrogen and oxygen atoms in total. The van der Waals surface area contributed by atoms with Gasteiger partial charge in [0, 0.05) is 25.0 Å². The number of rotatable bonds is 7. The van der Waals surface area contributed by atoms with Gasteiger partial charge in [-0.2, -0.15) is 0 Å². The van der Waals surface area contributed by atoms with E-state index < -0.39 is 17.1 Å². The van der Waals surface area contributed by atoms with Gasteiger partial charge < -0.3 is 14.6 Å². The van der Waals surface area contributed by atoms with E-state index in [2.05, 4.69) is 9.88 Å². The van der Waals surface area contributed by atoms with E-state index >= 15 is 0 Å². The van der Waals surface area contributed by atoms with Crippen LogP contribution >= 0.6 is 23.4 Å². The Morgan fingerprint density at radius 2 is 2.00 bits per heavy atom. The van der Waals surface area contributed by atoms with Crippen LogP contribution in [0.4, 0.5) is 10.5 Å². The van der Waals surface area contributed by atoms with Crippen LogP contribution in [0.2, 0.25) is 5.02 Å². The van der Waals surface area contributed by atoms with Gasteiger partial charge in [0.2, 0.25) is 5.91 Å². The van der Waals surface area contributed by atoms with Crippen molar-refractivity contribution in [2.45, 2.75) is 20.4 Å². The van der Waals surface area contributed by atoms with Gasteiger partial charge in [-0.05, 0) is 55.4 Å². The standard InChI is InChI=1S/C21H22ClN3O4S/c1-13-10-15(14(2)24(13)8-9-29-3)11-18-20(27)25(21(28)30-18)12-19(26)23-17-7-5-4-6-16(17)22/h4-7,10-11H,8-9,12H2,1-3H3,(H,23,26)/b18-11+. The minimum atomic E-state index is -0.496. The first-order valence-electron chi connectivity index (χ1n) is 9.27.